The van der Waals surface area contributed by atoms with E-state index in [1.54, 1.807) is 12.1 Å². The number of nitrogens with two attached hydrogens (primary N) is 1. The smallest absolute Gasteiger partial charge is 0.106 e. The van der Waals surface area contributed by atoms with Crippen molar-refractivity contribution in [2.45, 2.75) is 6.92 Å². The van der Waals surface area contributed by atoms with E-state index in [0.717, 1.165) is 11.3 Å². The number of rotatable bonds is 6. The Hall–Kier alpha value is -0.840. The van der Waals surface area contributed by atoms with Crippen LogP contribution < -0.4 is 11.1 Å². The molecule has 1 aromatic carbocycles. The summed E-state index contributed by atoms with van der Waals surface area (Å²) in [6.45, 7) is 4.04. The lowest BCUT2D eigenvalue weighted by atomic mass is 10.2. The molecule has 0 radical (unpaired) electrons. The molecule has 0 unspecified atom stereocenters. The molecule has 3 N–H and O–H groups in total. The zero-order valence-corrected chi connectivity index (χ0v) is 10.7. The maximum atomic E-state index is 5.88. The SMILES string of the molecule is CCOCCNc1ccc(Cl)cc1C(N)=S. The minimum Gasteiger partial charge on any atom is -0.389 e. The van der Waals surface area contributed by atoms with Gasteiger partial charge in [0.15, 0.2) is 0 Å². The lowest BCUT2D eigenvalue weighted by Crippen LogP contribution is -2.15. The molecule has 0 aliphatic carbocycles. The number of anilines is 1. The van der Waals surface area contributed by atoms with Crippen LogP contribution in [0.5, 0.6) is 0 Å². The first kappa shape index (κ1) is 13.2. The van der Waals surface area contributed by atoms with E-state index in [1.807, 2.05) is 13.0 Å². The van der Waals surface area contributed by atoms with Crippen LogP contribution in [0.3, 0.4) is 0 Å². The molecule has 0 saturated carbocycles. The fourth-order valence-corrected chi connectivity index (χ4v) is 1.62. The number of hydrogen-bond acceptors (Lipinski definition) is 3. The summed E-state index contributed by atoms with van der Waals surface area (Å²) in [5.74, 6) is 0. The summed E-state index contributed by atoms with van der Waals surface area (Å²) in [6, 6.07) is 5.42. The van der Waals surface area contributed by atoms with Crippen molar-refractivity contribution in [2.24, 2.45) is 5.73 Å². The van der Waals surface area contributed by atoms with Gasteiger partial charge in [-0.05, 0) is 25.1 Å². The number of thiocarbonyl (C=S) groups is 1. The van der Waals surface area contributed by atoms with Crippen LogP contribution in [0.4, 0.5) is 5.69 Å². The highest BCUT2D eigenvalue weighted by atomic mass is 35.5. The second-order valence-corrected chi connectivity index (χ2v) is 4.05. The van der Waals surface area contributed by atoms with Gasteiger partial charge >= 0.3 is 0 Å². The molecule has 1 rings (SSSR count). The molecule has 0 fully saturated rings. The number of halogens is 1. The molecule has 88 valence electrons. The van der Waals surface area contributed by atoms with Crippen LogP contribution in [-0.4, -0.2) is 24.7 Å². The van der Waals surface area contributed by atoms with E-state index >= 15 is 0 Å². The fourth-order valence-electron chi connectivity index (χ4n) is 1.28. The molecule has 0 bridgehead atoms. The maximum Gasteiger partial charge on any atom is 0.106 e. The van der Waals surface area contributed by atoms with E-state index in [-0.39, 0.29) is 0 Å². The Bertz CT molecular complexity index is 371. The highest BCUT2D eigenvalue weighted by Crippen LogP contribution is 2.20. The molecular formula is C11H15ClN2OS. The van der Waals surface area contributed by atoms with Gasteiger partial charge in [0, 0.05) is 29.4 Å². The third kappa shape index (κ3) is 3.96. The highest BCUT2D eigenvalue weighted by molar-refractivity contribution is 7.80. The topological polar surface area (TPSA) is 47.3 Å². The molecule has 0 saturated heterocycles. The van der Waals surface area contributed by atoms with Gasteiger partial charge in [-0.25, -0.2) is 0 Å². The lowest BCUT2D eigenvalue weighted by molar-refractivity contribution is 0.158. The second-order valence-electron chi connectivity index (χ2n) is 3.18. The highest BCUT2D eigenvalue weighted by Gasteiger charge is 2.05. The van der Waals surface area contributed by atoms with E-state index in [0.29, 0.717) is 29.8 Å². The Balaban J connectivity index is 2.67. The van der Waals surface area contributed by atoms with Crippen LogP contribution in [0.15, 0.2) is 18.2 Å². The van der Waals surface area contributed by atoms with Gasteiger partial charge in [-0.1, -0.05) is 23.8 Å². The van der Waals surface area contributed by atoms with Crippen LogP contribution >= 0.6 is 23.8 Å². The standard InChI is InChI=1S/C11H15ClN2OS/c1-2-15-6-5-14-10-4-3-8(12)7-9(10)11(13)16/h3-4,7,14H,2,5-6H2,1H3,(H2,13,16). The predicted molar refractivity (Wildman–Crippen MR) is 72.3 cm³/mol. The maximum absolute atomic E-state index is 5.88. The van der Waals surface area contributed by atoms with Crippen LogP contribution in [0.2, 0.25) is 5.02 Å². The quantitative estimate of drug-likeness (QED) is 0.608. The Morgan fingerprint density at radius 3 is 2.94 bits per heavy atom. The number of benzene rings is 1. The zero-order chi connectivity index (χ0) is 12.0. The molecular weight excluding hydrogens is 244 g/mol. The molecule has 0 aliphatic heterocycles. The van der Waals surface area contributed by atoms with E-state index in [9.17, 15) is 0 Å². The van der Waals surface area contributed by atoms with Gasteiger partial charge in [-0.15, -0.1) is 0 Å². The summed E-state index contributed by atoms with van der Waals surface area (Å²) in [7, 11) is 0. The van der Waals surface area contributed by atoms with Crippen molar-refractivity contribution in [1.29, 1.82) is 0 Å². The van der Waals surface area contributed by atoms with Gasteiger partial charge in [-0.3, -0.25) is 0 Å². The summed E-state index contributed by atoms with van der Waals surface area (Å²) < 4.78 is 5.23. The van der Waals surface area contributed by atoms with E-state index in [1.165, 1.54) is 0 Å². The summed E-state index contributed by atoms with van der Waals surface area (Å²) in [4.78, 5) is 0.335. The third-order valence-corrected chi connectivity index (χ3v) is 2.47. The second kappa shape index (κ2) is 6.68. The molecule has 3 nitrogen and oxygen atoms in total. The number of hydrogen-bond donors (Lipinski definition) is 2. The van der Waals surface area contributed by atoms with Crippen LogP contribution in [0, 0.1) is 0 Å². The average molecular weight is 259 g/mol. The number of ether oxygens (including phenoxy) is 1. The Labute approximate surface area is 106 Å². The summed E-state index contributed by atoms with van der Waals surface area (Å²) in [5, 5.41) is 3.83. The Kier molecular flexibility index (Phi) is 5.52. The average Bonchev–Trinajstić information content (AvgIpc) is 2.26. The van der Waals surface area contributed by atoms with Gasteiger partial charge in [0.1, 0.15) is 4.99 Å². The first-order valence-corrected chi connectivity index (χ1v) is 5.84. The molecule has 5 heteroatoms. The van der Waals surface area contributed by atoms with Crippen molar-refractivity contribution >= 4 is 34.5 Å². The molecule has 16 heavy (non-hydrogen) atoms. The zero-order valence-electron chi connectivity index (χ0n) is 9.13. The van der Waals surface area contributed by atoms with Crippen molar-refractivity contribution < 1.29 is 4.74 Å². The molecule has 0 spiro atoms. The molecule has 0 heterocycles. The van der Waals surface area contributed by atoms with E-state index < -0.39 is 0 Å². The summed E-state index contributed by atoms with van der Waals surface area (Å²) >= 11 is 10.8. The van der Waals surface area contributed by atoms with E-state index in [4.69, 9.17) is 34.3 Å². The van der Waals surface area contributed by atoms with Gasteiger partial charge in [-0.2, -0.15) is 0 Å². The molecule has 1 aromatic rings. The lowest BCUT2D eigenvalue weighted by Gasteiger charge is -2.11. The fraction of sp³-hybridized carbons (Fsp3) is 0.364. The van der Waals surface area contributed by atoms with Crippen molar-refractivity contribution in [3.63, 3.8) is 0 Å². The Morgan fingerprint density at radius 2 is 2.31 bits per heavy atom. The van der Waals surface area contributed by atoms with Crippen molar-refractivity contribution in [3.8, 4) is 0 Å². The normalized spacial score (nSPS) is 10.1. The van der Waals surface area contributed by atoms with Crippen molar-refractivity contribution in [1.82, 2.24) is 0 Å². The minimum atomic E-state index is 0.335. The monoisotopic (exact) mass is 258 g/mol. The van der Waals surface area contributed by atoms with E-state index in [2.05, 4.69) is 5.32 Å². The third-order valence-electron chi connectivity index (χ3n) is 2.01. The summed E-state index contributed by atoms with van der Waals surface area (Å²) in [6.07, 6.45) is 0. The molecule has 0 aliphatic rings. The van der Waals surface area contributed by atoms with Crippen molar-refractivity contribution in [3.05, 3.63) is 28.8 Å². The first-order chi connectivity index (χ1) is 7.65. The van der Waals surface area contributed by atoms with Crippen LogP contribution in [-0.2, 0) is 4.74 Å². The first-order valence-electron chi connectivity index (χ1n) is 5.06. The summed E-state index contributed by atoms with van der Waals surface area (Å²) in [5.41, 5.74) is 7.26. The van der Waals surface area contributed by atoms with Crippen molar-refractivity contribution in [2.75, 3.05) is 25.1 Å². The largest absolute Gasteiger partial charge is 0.389 e. The van der Waals surface area contributed by atoms with Gasteiger partial charge in [0.2, 0.25) is 0 Å². The van der Waals surface area contributed by atoms with Crippen LogP contribution in [0.1, 0.15) is 12.5 Å². The van der Waals surface area contributed by atoms with Crippen LogP contribution in [0.25, 0.3) is 0 Å². The predicted octanol–water partition coefficient (Wildman–Crippen LogP) is 2.42. The van der Waals surface area contributed by atoms with Gasteiger partial charge < -0.3 is 15.8 Å². The van der Waals surface area contributed by atoms with Gasteiger partial charge in [0.05, 0.1) is 6.61 Å². The number of nitrogens with one attached hydrogen (secondary N) is 1. The molecule has 0 amide bonds. The minimum absolute atomic E-state index is 0.335. The molecule has 0 aromatic heterocycles. The van der Waals surface area contributed by atoms with Gasteiger partial charge in [0.25, 0.3) is 0 Å². The Morgan fingerprint density at radius 1 is 1.56 bits per heavy atom. The molecule has 0 atom stereocenters.